The third kappa shape index (κ3) is 21.6. The van der Waals surface area contributed by atoms with E-state index in [4.69, 9.17) is 22.3 Å². The van der Waals surface area contributed by atoms with Gasteiger partial charge in [0.05, 0.1) is 44.7 Å². The van der Waals surface area contributed by atoms with Crippen LogP contribution in [0.2, 0.25) is 0 Å². The minimum atomic E-state index is -1.67. The molecule has 3 aliphatic rings. The lowest BCUT2D eigenvalue weighted by atomic mass is 10.0. The zero-order chi connectivity index (χ0) is 56.2. The van der Waals surface area contributed by atoms with Crippen molar-refractivity contribution in [3.63, 3.8) is 0 Å². The van der Waals surface area contributed by atoms with Gasteiger partial charge in [-0.25, -0.2) is 0 Å². The molecule has 0 aliphatic carbocycles. The SMILES string of the molecule is NC(=O)C[C@H](NC(=O)[C@H](CCCC[NH3+])NC(=O)[C@H](CCCC[NH3+])NC(=O)[C@@H]1CCCN1C(=O)[C@H](CCCC[NH3+])NC(=O)[C@@H]1CCCN1C(=O)[C@@H]1CCCN1)C(=O)N[C@@H](CCC[NH+]=C(N)N)C(=O)N[C@H](C=O)CCC(=O)O. The number of unbranched alkanes of at least 4 members (excludes halogenated alkanes) is 3. The third-order valence-corrected chi connectivity index (χ3v) is 13.7. The van der Waals surface area contributed by atoms with Crippen LogP contribution in [-0.2, 0) is 52.7 Å². The number of aldehydes is 1. The summed E-state index contributed by atoms with van der Waals surface area (Å²) >= 11 is 0. The zero-order valence-electron chi connectivity index (χ0n) is 44.1. The first kappa shape index (κ1) is 63.8. The van der Waals surface area contributed by atoms with E-state index < -0.39 is 114 Å². The number of hydrogen-bond donors (Lipinski definition) is 15. The Morgan fingerprint density at radius 1 is 0.592 bits per heavy atom. The average Bonchev–Trinajstić information content (AvgIpc) is 4.21. The van der Waals surface area contributed by atoms with Crippen LogP contribution in [0.4, 0.5) is 0 Å². The largest absolute Gasteiger partial charge is 0.481 e. The molecule has 28 heteroatoms. The van der Waals surface area contributed by atoms with Crippen molar-refractivity contribution in [2.75, 3.05) is 45.8 Å². The second-order valence-electron chi connectivity index (χ2n) is 19.8. The number of carboxylic acids is 1. The molecule has 24 N–H and O–H groups in total. The van der Waals surface area contributed by atoms with Crippen molar-refractivity contribution < 1.29 is 80.0 Å². The van der Waals surface area contributed by atoms with Crippen molar-refractivity contribution in [1.29, 1.82) is 0 Å². The number of carbonyl (C=O) groups excluding carboxylic acids is 10. The van der Waals surface area contributed by atoms with E-state index in [0.29, 0.717) is 96.7 Å². The lowest BCUT2D eigenvalue weighted by molar-refractivity contribution is -0.459. The summed E-state index contributed by atoms with van der Waals surface area (Å²) in [5, 5.41) is 28.2. The first-order chi connectivity index (χ1) is 36.3. The van der Waals surface area contributed by atoms with Crippen LogP contribution in [0.1, 0.15) is 128 Å². The second kappa shape index (κ2) is 34.2. The normalized spacial score (nSPS) is 19.4. The molecule has 0 radical (unpaired) electrons. The van der Waals surface area contributed by atoms with Crippen LogP contribution >= 0.6 is 0 Å². The molecule has 0 aromatic rings. The highest BCUT2D eigenvalue weighted by Crippen LogP contribution is 2.24. The number of primary amides is 1. The highest BCUT2D eigenvalue weighted by atomic mass is 16.4. The Kier molecular flexibility index (Phi) is 28.7. The Morgan fingerprint density at radius 3 is 1.57 bits per heavy atom. The van der Waals surface area contributed by atoms with Gasteiger partial charge in [0.15, 0.2) is 0 Å². The Morgan fingerprint density at radius 2 is 1.07 bits per heavy atom. The number of rotatable bonds is 36. The van der Waals surface area contributed by atoms with Gasteiger partial charge >= 0.3 is 11.9 Å². The van der Waals surface area contributed by atoms with Gasteiger partial charge in [-0.2, -0.15) is 0 Å². The van der Waals surface area contributed by atoms with Crippen molar-refractivity contribution in [2.45, 2.75) is 183 Å². The maximum absolute atomic E-state index is 14.5. The molecule has 76 heavy (non-hydrogen) atoms. The molecule has 0 unspecified atom stereocenters. The van der Waals surface area contributed by atoms with Gasteiger partial charge in [-0.15, -0.1) is 0 Å². The molecule has 3 saturated heterocycles. The summed E-state index contributed by atoms with van der Waals surface area (Å²) in [6.07, 6.45) is 6.07. The van der Waals surface area contributed by atoms with Crippen molar-refractivity contribution in [3.8, 4) is 0 Å². The summed E-state index contributed by atoms with van der Waals surface area (Å²) in [7, 11) is 0. The standard InChI is InChI=1S/C48H84N16O12/c49-20-4-1-11-30(42(71)62-35(27-38(52)66)43(72)59-32(14-7-24-56-48(53)54)40(69)57-29(28-65)18-19-39(67)68)58-41(70)31(12-2-5-21-50)60-44(73)36-16-10-26-64(36)47(76)34(13-3-6-22-51)61-45(74)37-17-9-25-63(37)46(75)33-15-8-23-55-33/h28-37,55H,1-27,49-51H2,(H2,52,66)(H,57,69)(H,58,70)(H,59,72)(H,60,73)(H,61,74)(H,62,71)(H,67,68)(H4,53,54,56)/p+4/t29-,30-,31-,32-,33-,34-,35-,36-,37-/m0/s1. The first-order valence-corrected chi connectivity index (χ1v) is 27.0. The van der Waals surface area contributed by atoms with E-state index in [2.05, 4.69) is 59.4 Å². The zero-order valence-corrected chi connectivity index (χ0v) is 44.1. The molecule has 3 rings (SSSR count). The quantitative estimate of drug-likeness (QED) is 0.0120. The predicted molar refractivity (Wildman–Crippen MR) is 272 cm³/mol. The molecule has 3 fully saturated rings. The molecule has 9 atom stereocenters. The van der Waals surface area contributed by atoms with E-state index in [1.165, 1.54) is 4.90 Å². The Labute approximate surface area is 443 Å². The lowest BCUT2D eigenvalue weighted by Gasteiger charge is -2.32. The smallest absolute Gasteiger partial charge is 0.338 e. The number of guanidine groups is 1. The number of nitrogens with one attached hydrogen (secondary N) is 8. The minimum absolute atomic E-state index is 0.0383. The molecular weight excluding hydrogens is 993 g/mol. The van der Waals surface area contributed by atoms with Crippen molar-refractivity contribution in [1.82, 2.24) is 47.0 Å². The van der Waals surface area contributed by atoms with E-state index in [0.717, 1.165) is 13.0 Å². The van der Waals surface area contributed by atoms with E-state index in [-0.39, 0.29) is 75.9 Å². The summed E-state index contributed by atoms with van der Waals surface area (Å²) in [6, 6.07) is -9.89. The summed E-state index contributed by atoms with van der Waals surface area (Å²) in [4.78, 5) is 153. The number of carboxylic acid groups (broad SMARTS) is 1. The molecule has 0 saturated carbocycles. The van der Waals surface area contributed by atoms with E-state index in [9.17, 15) is 52.7 Å². The van der Waals surface area contributed by atoms with Gasteiger partial charge in [-0.1, -0.05) is 0 Å². The molecule has 28 nitrogen and oxygen atoms in total. The number of quaternary nitrogens is 3. The second-order valence-corrected chi connectivity index (χ2v) is 19.8. The number of hydrogen-bond acceptors (Lipinski definition) is 12. The van der Waals surface area contributed by atoms with Crippen molar-refractivity contribution >= 4 is 71.4 Å². The fraction of sp³-hybridized carbons (Fsp3) is 0.750. The van der Waals surface area contributed by atoms with Crippen molar-refractivity contribution in [3.05, 3.63) is 0 Å². The maximum Gasteiger partial charge on any atom is 0.338 e. The number of amides is 9. The van der Waals surface area contributed by atoms with Gasteiger partial charge in [0.1, 0.15) is 48.6 Å². The summed E-state index contributed by atoms with van der Waals surface area (Å²) in [5.74, 6) is -7.48. The Hall–Kier alpha value is -6.52. The van der Waals surface area contributed by atoms with Crippen LogP contribution < -0.4 is 76.6 Å². The lowest BCUT2D eigenvalue weighted by Crippen LogP contribution is -2.78. The predicted octanol–water partition coefficient (Wildman–Crippen LogP) is -9.06. The Balaban J connectivity index is 1.83. The summed E-state index contributed by atoms with van der Waals surface area (Å²) < 4.78 is 0. The van der Waals surface area contributed by atoms with E-state index in [1.807, 2.05) is 0 Å². The summed E-state index contributed by atoms with van der Waals surface area (Å²) in [5.41, 5.74) is 28.1. The van der Waals surface area contributed by atoms with Gasteiger partial charge in [0.25, 0.3) is 0 Å². The molecular formula is C48H88N16O12+4. The first-order valence-electron chi connectivity index (χ1n) is 27.0. The van der Waals surface area contributed by atoms with E-state index in [1.54, 1.807) is 4.90 Å². The third-order valence-electron chi connectivity index (χ3n) is 13.7. The molecule has 0 spiro atoms. The maximum atomic E-state index is 14.5. The van der Waals surface area contributed by atoms with Crippen LogP contribution in [0.5, 0.6) is 0 Å². The number of likely N-dealkylation sites (tertiary alicyclic amines) is 2. The minimum Gasteiger partial charge on any atom is -0.481 e. The highest BCUT2D eigenvalue weighted by Gasteiger charge is 2.42. The fourth-order valence-electron chi connectivity index (χ4n) is 9.58. The molecule has 9 amide bonds. The van der Waals surface area contributed by atoms with Crippen LogP contribution in [0.3, 0.4) is 0 Å². The van der Waals surface area contributed by atoms with Gasteiger partial charge in [-0.3, -0.25) is 64.4 Å². The summed E-state index contributed by atoms with van der Waals surface area (Å²) in [6.45, 7) is 3.15. The van der Waals surface area contributed by atoms with Crippen LogP contribution in [-0.4, -0.2) is 186 Å². The van der Waals surface area contributed by atoms with Gasteiger partial charge < -0.3 is 79.9 Å². The van der Waals surface area contributed by atoms with Crippen LogP contribution in [0.15, 0.2) is 0 Å². The highest BCUT2D eigenvalue weighted by molar-refractivity contribution is 5.99. The molecule has 0 aromatic carbocycles. The number of nitrogens with two attached hydrogens (primary N) is 3. The van der Waals surface area contributed by atoms with E-state index >= 15 is 0 Å². The average molecular weight is 1080 g/mol. The molecule has 0 bridgehead atoms. The van der Waals surface area contributed by atoms with Gasteiger partial charge in [0, 0.05) is 19.5 Å². The van der Waals surface area contributed by atoms with Gasteiger partial charge in [0.2, 0.25) is 53.2 Å². The molecule has 428 valence electrons. The van der Waals surface area contributed by atoms with Crippen molar-refractivity contribution in [2.24, 2.45) is 17.2 Å². The number of carbonyl (C=O) groups is 11. The molecule has 3 heterocycles. The molecule has 0 aromatic heterocycles. The number of nitrogens with zero attached hydrogens (tertiary/aromatic N) is 2. The topological polar surface area (TPSA) is 474 Å². The molecule has 3 aliphatic heterocycles. The van der Waals surface area contributed by atoms with Gasteiger partial charge in [-0.05, 0) is 122 Å². The van der Waals surface area contributed by atoms with Crippen LogP contribution in [0, 0.1) is 0 Å². The Bertz CT molecular complexity index is 2000. The fourth-order valence-corrected chi connectivity index (χ4v) is 9.58. The monoisotopic (exact) mass is 1080 g/mol. The number of aliphatic carboxylic acids is 1. The van der Waals surface area contributed by atoms with Crippen LogP contribution in [0.25, 0.3) is 0 Å².